The number of fused-ring (bicyclic) bond motifs is 2. The van der Waals surface area contributed by atoms with Gasteiger partial charge in [0.25, 0.3) is 0 Å². The van der Waals surface area contributed by atoms with Gasteiger partial charge in [-0.1, -0.05) is 36.4 Å². The first-order chi connectivity index (χ1) is 16.0. The van der Waals surface area contributed by atoms with Gasteiger partial charge in [0.2, 0.25) is 11.5 Å². The topological polar surface area (TPSA) is 75.0 Å². The number of hydrogen-bond donors (Lipinski definition) is 0. The van der Waals surface area contributed by atoms with Crippen LogP contribution in [0.1, 0.15) is 39.0 Å². The predicted octanol–water partition coefficient (Wildman–Crippen LogP) is 5.98. The molecule has 0 saturated heterocycles. The molecular formula is C27H20O6. The van der Waals surface area contributed by atoms with E-state index in [-0.39, 0.29) is 17.3 Å². The third-order valence-electron chi connectivity index (χ3n) is 5.37. The number of carbonyl (C=O) groups is 2. The van der Waals surface area contributed by atoms with Crippen LogP contribution in [0, 0.1) is 6.92 Å². The molecule has 4 aromatic rings. The number of benzene rings is 3. The smallest absolute Gasteiger partial charge is 0.379 e. The summed E-state index contributed by atoms with van der Waals surface area (Å²) in [7, 11) is 0. The summed E-state index contributed by atoms with van der Waals surface area (Å²) in [5.41, 5.74) is 2.30. The summed E-state index contributed by atoms with van der Waals surface area (Å²) in [6, 6.07) is 19.6. The number of Topliss-reactive ketones (excluding diaryl/α,β-unsaturated/α-hetero) is 1. The molecule has 164 valence electrons. The van der Waals surface area contributed by atoms with Gasteiger partial charge in [-0.3, -0.25) is 4.79 Å². The lowest BCUT2D eigenvalue weighted by Gasteiger charge is -2.09. The lowest BCUT2D eigenvalue weighted by molar-refractivity contribution is 0.0702. The van der Waals surface area contributed by atoms with Crippen LogP contribution in [0.3, 0.4) is 0 Å². The summed E-state index contributed by atoms with van der Waals surface area (Å²) in [5.74, 6) is 0.742. The monoisotopic (exact) mass is 440 g/mol. The van der Waals surface area contributed by atoms with E-state index in [2.05, 4.69) is 0 Å². The van der Waals surface area contributed by atoms with Crippen molar-refractivity contribution in [2.75, 3.05) is 6.61 Å². The van der Waals surface area contributed by atoms with Gasteiger partial charge in [-0.05, 0) is 50.3 Å². The van der Waals surface area contributed by atoms with E-state index in [0.717, 1.165) is 10.9 Å². The Bertz CT molecular complexity index is 1390. The molecule has 1 aliphatic heterocycles. The van der Waals surface area contributed by atoms with Gasteiger partial charge in [0.15, 0.2) is 5.76 Å². The van der Waals surface area contributed by atoms with Crippen molar-refractivity contribution >= 4 is 28.8 Å². The predicted molar refractivity (Wildman–Crippen MR) is 123 cm³/mol. The summed E-state index contributed by atoms with van der Waals surface area (Å²) in [6.45, 7) is 4.15. The van der Waals surface area contributed by atoms with Crippen LogP contribution in [0.2, 0.25) is 0 Å². The first kappa shape index (κ1) is 20.6. The molecule has 0 radical (unpaired) electrons. The SMILES string of the molecule is CCOc1ccccc1/C=C1\Oc2c(ccc(OC(=O)c3cc4ccccc4o3)c2C)C1=O. The second kappa shape index (κ2) is 8.31. The Morgan fingerprint density at radius 2 is 1.79 bits per heavy atom. The van der Waals surface area contributed by atoms with Crippen molar-refractivity contribution < 1.29 is 28.2 Å². The molecule has 0 fully saturated rings. The molecule has 0 unspecified atom stereocenters. The molecule has 6 heteroatoms. The molecule has 0 bridgehead atoms. The number of ketones is 1. The van der Waals surface area contributed by atoms with E-state index in [4.69, 9.17) is 18.6 Å². The molecule has 3 aromatic carbocycles. The average Bonchev–Trinajstić information content (AvgIpc) is 3.39. The fraction of sp³-hybridized carbons (Fsp3) is 0.111. The van der Waals surface area contributed by atoms with Crippen molar-refractivity contribution in [1.29, 1.82) is 0 Å². The Balaban J connectivity index is 1.42. The van der Waals surface area contributed by atoms with E-state index in [1.165, 1.54) is 0 Å². The zero-order valence-electron chi connectivity index (χ0n) is 18.1. The third-order valence-corrected chi connectivity index (χ3v) is 5.37. The van der Waals surface area contributed by atoms with Crippen LogP contribution in [-0.2, 0) is 0 Å². The Kier molecular flexibility index (Phi) is 5.18. The molecule has 5 rings (SSSR count). The van der Waals surface area contributed by atoms with Gasteiger partial charge in [-0.2, -0.15) is 0 Å². The number of furan rings is 1. The summed E-state index contributed by atoms with van der Waals surface area (Å²) in [6.07, 6.45) is 1.66. The molecule has 0 atom stereocenters. The second-order valence-electron chi connectivity index (χ2n) is 7.51. The highest BCUT2D eigenvalue weighted by molar-refractivity contribution is 6.15. The van der Waals surface area contributed by atoms with E-state index < -0.39 is 5.97 Å². The van der Waals surface area contributed by atoms with Crippen molar-refractivity contribution in [3.05, 3.63) is 94.9 Å². The fourth-order valence-corrected chi connectivity index (χ4v) is 3.74. The lowest BCUT2D eigenvalue weighted by Crippen LogP contribution is -2.08. The van der Waals surface area contributed by atoms with Crippen molar-refractivity contribution in [2.24, 2.45) is 0 Å². The second-order valence-corrected chi connectivity index (χ2v) is 7.51. The first-order valence-corrected chi connectivity index (χ1v) is 10.6. The van der Waals surface area contributed by atoms with Crippen LogP contribution < -0.4 is 14.2 Å². The van der Waals surface area contributed by atoms with Crippen LogP contribution in [0.15, 0.2) is 76.9 Å². The normalized spacial score (nSPS) is 13.8. The highest BCUT2D eigenvalue weighted by atomic mass is 16.5. The number of hydrogen-bond acceptors (Lipinski definition) is 6. The minimum absolute atomic E-state index is 0.0983. The van der Waals surface area contributed by atoms with Crippen LogP contribution in [0.4, 0.5) is 0 Å². The van der Waals surface area contributed by atoms with Crippen molar-refractivity contribution in [2.45, 2.75) is 13.8 Å². The molecule has 33 heavy (non-hydrogen) atoms. The lowest BCUT2D eigenvalue weighted by atomic mass is 10.1. The molecule has 0 aliphatic carbocycles. The Labute approximate surface area is 190 Å². The molecule has 1 aromatic heterocycles. The Hall–Kier alpha value is -4.32. The summed E-state index contributed by atoms with van der Waals surface area (Å²) in [5, 5.41) is 0.811. The zero-order chi connectivity index (χ0) is 22.9. The number of esters is 1. The number of rotatable bonds is 5. The van der Waals surface area contributed by atoms with Crippen LogP contribution >= 0.6 is 0 Å². The number of carbonyl (C=O) groups excluding carboxylic acids is 2. The van der Waals surface area contributed by atoms with E-state index in [9.17, 15) is 9.59 Å². The van der Waals surface area contributed by atoms with Crippen LogP contribution in [0.5, 0.6) is 17.2 Å². The number of ether oxygens (including phenoxy) is 3. The molecular weight excluding hydrogens is 420 g/mol. The fourth-order valence-electron chi connectivity index (χ4n) is 3.74. The van der Waals surface area contributed by atoms with Gasteiger partial charge >= 0.3 is 5.97 Å². The summed E-state index contributed by atoms with van der Waals surface area (Å²) < 4.78 is 22.7. The van der Waals surface area contributed by atoms with Crippen LogP contribution in [0.25, 0.3) is 17.0 Å². The zero-order valence-corrected chi connectivity index (χ0v) is 18.1. The highest BCUT2D eigenvalue weighted by Gasteiger charge is 2.31. The maximum absolute atomic E-state index is 12.9. The summed E-state index contributed by atoms with van der Waals surface area (Å²) >= 11 is 0. The third kappa shape index (κ3) is 3.76. The molecule has 2 heterocycles. The van der Waals surface area contributed by atoms with E-state index >= 15 is 0 Å². The minimum atomic E-state index is -0.625. The molecule has 0 amide bonds. The molecule has 1 aliphatic rings. The standard InChI is InChI=1S/C27H20O6/c1-3-30-21-10-6-4-8-17(21)14-23-25(28)19-12-13-20(16(2)26(19)32-23)33-27(29)24-15-18-9-5-7-11-22(18)31-24/h4-15H,3H2,1-2H3/b23-14-. The average molecular weight is 440 g/mol. The Morgan fingerprint density at radius 1 is 1.00 bits per heavy atom. The van der Waals surface area contributed by atoms with Gasteiger partial charge in [-0.15, -0.1) is 0 Å². The van der Waals surface area contributed by atoms with Gasteiger partial charge in [0.1, 0.15) is 22.8 Å². The summed E-state index contributed by atoms with van der Waals surface area (Å²) in [4.78, 5) is 25.6. The van der Waals surface area contributed by atoms with E-state index in [1.807, 2.05) is 49.4 Å². The Morgan fingerprint density at radius 3 is 2.61 bits per heavy atom. The quantitative estimate of drug-likeness (QED) is 0.216. The van der Waals surface area contributed by atoms with Gasteiger partial charge in [0, 0.05) is 16.5 Å². The maximum atomic E-state index is 12.9. The molecule has 0 spiro atoms. The molecule has 0 N–H and O–H groups in total. The van der Waals surface area contributed by atoms with Crippen molar-refractivity contribution in [1.82, 2.24) is 0 Å². The number of para-hydroxylation sites is 2. The van der Waals surface area contributed by atoms with Crippen molar-refractivity contribution in [3.8, 4) is 17.2 Å². The highest BCUT2D eigenvalue weighted by Crippen LogP contribution is 2.40. The van der Waals surface area contributed by atoms with E-state index in [1.54, 1.807) is 37.3 Å². The van der Waals surface area contributed by atoms with Gasteiger partial charge in [-0.25, -0.2) is 4.79 Å². The molecule has 6 nitrogen and oxygen atoms in total. The van der Waals surface area contributed by atoms with E-state index in [0.29, 0.717) is 40.6 Å². The first-order valence-electron chi connectivity index (χ1n) is 10.6. The number of allylic oxidation sites excluding steroid dienone is 1. The molecule has 0 saturated carbocycles. The van der Waals surface area contributed by atoms with Gasteiger partial charge in [0.05, 0.1) is 12.2 Å². The van der Waals surface area contributed by atoms with Crippen LogP contribution in [-0.4, -0.2) is 18.4 Å². The largest absolute Gasteiger partial charge is 0.493 e. The minimum Gasteiger partial charge on any atom is -0.493 e. The van der Waals surface area contributed by atoms with Crippen molar-refractivity contribution in [3.63, 3.8) is 0 Å². The maximum Gasteiger partial charge on any atom is 0.379 e. The van der Waals surface area contributed by atoms with Gasteiger partial charge < -0.3 is 18.6 Å².